The van der Waals surface area contributed by atoms with E-state index in [-0.39, 0.29) is 0 Å². The van der Waals surface area contributed by atoms with E-state index in [1.807, 2.05) is 12.3 Å². The van der Waals surface area contributed by atoms with E-state index in [0.717, 1.165) is 24.6 Å². The first kappa shape index (κ1) is 13.3. The van der Waals surface area contributed by atoms with E-state index in [2.05, 4.69) is 22.9 Å². The van der Waals surface area contributed by atoms with E-state index in [9.17, 15) is 4.79 Å². The summed E-state index contributed by atoms with van der Waals surface area (Å²) >= 11 is 0. The summed E-state index contributed by atoms with van der Waals surface area (Å²) < 4.78 is 0. The van der Waals surface area contributed by atoms with Crippen LogP contribution >= 0.6 is 0 Å². The maximum absolute atomic E-state index is 12.6. The van der Waals surface area contributed by atoms with Crippen LogP contribution in [-0.2, 0) is 17.6 Å². The lowest BCUT2D eigenvalue weighted by Gasteiger charge is -2.63. The molecule has 1 saturated heterocycles. The van der Waals surface area contributed by atoms with Crippen molar-refractivity contribution in [2.75, 3.05) is 6.54 Å². The normalized spacial score (nSPS) is 26.3. The Balaban J connectivity index is 1.42. The monoisotopic (exact) mass is 284 g/mol. The van der Waals surface area contributed by atoms with E-state index < -0.39 is 0 Å². The molecule has 2 heterocycles. The number of hydrogen-bond acceptors (Lipinski definition) is 2. The molecule has 3 fully saturated rings. The molecule has 0 radical (unpaired) electrons. The molecule has 1 spiro atoms. The van der Waals surface area contributed by atoms with Crippen molar-refractivity contribution in [1.29, 1.82) is 0 Å². The molecule has 1 aromatic rings. The van der Waals surface area contributed by atoms with Crippen molar-refractivity contribution in [3.63, 3.8) is 0 Å². The molecule has 2 saturated carbocycles. The second kappa shape index (κ2) is 4.82. The van der Waals surface area contributed by atoms with Crippen LogP contribution in [0.4, 0.5) is 0 Å². The van der Waals surface area contributed by atoms with E-state index in [4.69, 9.17) is 0 Å². The lowest BCUT2D eigenvalue weighted by molar-refractivity contribution is -0.170. The first-order valence-electron chi connectivity index (χ1n) is 8.45. The fraction of sp³-hybridized carbons (Fsp3) is 0.667. The largest absolute Gasteiger partial charge is 0.338 e. The number of carbonyl (C=O) groups is 1. The second-order valence-corrected chi connectivity index (χ2v) is 7.21. The quantitative estimate of drug-likeness (QED) is 0.851. The molecule has 0 bridgehead atoms. The van der Waals surface area contributed by atoms with Crippen molar-refractivity contribution < 1.29 is 4.79 Å². The van der Waals surface area contributed by atoms with E-state index >= 15 is 0 Å². The van der Waals surface area contributed by atoms with Gasteiger partial charge in [0.05, 0.1) is 6.42 Å². The average molecular weight is 284 g/mol. The Hall–Kier alpha value is -1.38. The maximum Gasteiger partial charge on any atom is 0.228 e. The van der Waals surface area contributed by atoms with Crippen molar-refractivity contribution in [1.82, 2.24) is 9.88 Å². The fourth-order valence-corrected chi connectivity index (χ4v) is 4.27. The maximum atomic E-state index is 12.6. The minimum absolute atomic E-state index is 0.293. The molecular weight excluding hydrogens is 260 g/mol. The zero-order valence-corrected chi connectivity index (χ0v) is 12.8. The Bertz CT molecular complexity index is 543. The van der Waals surface area contributed by atoms with Gasteiger partial charge in [-0.15, -0.1) is 0 Å². The molecule has 4 rings (SSSR count). The summed E-state index contributed by atoms with van der Waals surface area (Å²) in [5.74, 6) is 1.10. The number of hydrogen-bond donors (Lipinski definition) is 0. The van der Waals surface area contributed by atoms with Crippen LogP contribution in [0.5, 0.6) is 0 Å². The van der Waals surface area contributed by atoms with Crippen molar-refractivity contribution in [3.8, 4) is 0 Å². The zero-order valence-electron chi connectivity index (χ0n) is 12.8. The summed E-state index contributed by atoms with van der Waals surface area (Å²) in [7, 11) is 0. The molecule has 3 heteroatoms. The van der Waals surface area contributed by atoms with Gasteiger partial charge in [0.2, 0.25) is 5.91 Å². The van der Waals surface area contributed by atoms with E-state index in [1.165, 1.54) is 37.7 Å². The summed E-state index contributed by atoms with van der Waals surface area (Å²) in [6, 6.07) is 4.67. The van der Waals surface area contributed by atoms with Gasteiger partial charge in [0, 0.05) is 29.9 Å². The van der Waals surface area contributed by atoms with Crippen molar-refractivity contribution in [2.24, 2.45) is 11.3 Å². The average Bonchev–Trinajstić information content (AvgIpc) is 3.21. The molecular formula is C18H24N2O. The van der Waals surface area contributed by atoms with E-state index in [0.29, 0.717) is 23.8 Å². The molecule has 1 atom stereocenters. The minimum Gasteiger partial charge on any atom is -0.338 e. The summed E-state index contributed by atoms with van der Waals surface area (Å²) in [5, 5.41) is 0. The highest BCUT2D eigenvalue weighted by Gasteiger charge is 2.61. The number of amides is 1. The predicted octanol–water partition coefficient (Wildman–Crippen LogP) is 2.98. The molecule has 21 heavy (non-hydrogen) atoms. The van der Waals surface area contributed by atoms with Crippen LogP contribution in [0.3, 0.4) is 0 Å². The molecule has 3 aliphatic rings. The number of pyridine rings is 1. The van der Waals surface area contributed by atoms with Gasteiger partial charge in [-0.1, -0.05) is 19.4 Å². The van der Waals surface area contributed by atoms with Crippen LogP contribution in [0.1, 0.15) is 50.3 Å². The summed E-state index contributed by atoms with van der Waals surface area (Å²) in [6.45, 7) is 3.14. The summed E-state index contributed by atoms with van der Waals surface area (Å²) in [4.78, 5) is 19.2. The number of aryl methyl sites for hydroxylation is 1. The van der Waals surface area contributed by atoms with Gasteiger partial charge in [0.1, 0.15) is 0 Å². The Morgan fingerprint density at radius 3 is 2.71 bits per heavy atom. The highest BCUT2D eigenvalue weighted by Crippen LogP contribution is 2.59. The van der Waals surface area contributed by atoms with Crippen LogP contribution < -0.4 is 0 Å². The topological polar surface area (TPSA) is 33.2 Å². The highest BCUT2D eigenvalue weighted by atomic mass is 16.2. The first-order chi connectivity index (χ1) is 10.2. The molecule has 1 unspecified atom stereocenters. The lowest BCUT2D eigenvalue weighted by Crippen LogP contribution is -2.70. The first-order valence-corrected chi connectivity index (χ1v) is 8.45. The Morgan fingerprint density at radius 2 is 2.19 bits per heavy atom. The Morgan fingerprint density at radius 1 is 1.38 bits per heavy atom. The third-order valence-corrected chi connectivity index (χ3v) is 5.81. The van der Waals surface area contributed by atoms with Gasteiger partial charge in [0.25, 0.3) is 0 Å². The summed E-state index contributed by atoms with van der Waals surface area (Å²) in [5.41, 5.74) is 2.68. The molecule has 1 aliphatic heterocycles. The number of likely N-dealkylation sites (tertiary alicyclic amines) is 1. The van der Waals surface area contributed by atoms with Gasteiger partial charge in [-0.25, -0.2) is 0 Å². The van der Waals surface area contributed by atoms with Gasteiger partial charge >= 0.3 is 0 Å². The number of rotatable bonds is 4. The van der Waals surface area contributed by atoms with Crippen LogP contribution in [0.2, 0.25) is 0 Å². The molecule has 2 aliphatic carbocycles. The van der Waals surface area contributed by atoms with Crippen LogP contribution in [-0.4, -0.2) is 28.4 Å². The smallest absolute Gasteiger partial charge is 0.228 e. The zero-order chi connectivity index (χ0) is 14.4. The van der Waals surface area contributed by atoms with Crippen LogP contribution in [0, 0.1) is 11.3 Å². The third-order valence-electron chi connectivity index (χ3n) is 5.81. The van der Waals surface area contributed by atoms with Gasteiger partial charge in [-0.2, -0.15) is 0 Å². The molecule has 112 valence electrons. The minimum atomic E-state index is 0.293. The number of carbonyl (C=O) groups excluding carboxylic acids is 1. The third kappa shape index (κ3) is 2.18. The molecule has 3 nitrogen and oxygen atoms in total. The van der Waals surface area contributed by atoms with Crippen molar-refractivity contribution in [2.45, 2.75) is 57.9 Å². The van der Waals surface area contributed by atoms with Crippen molar-refractivity contribution in [3.05, 3.63) is 29.6 Å². The predicted molar refractivity (Wildman–Crippen MR) is 81.8 cm³/mol. The number of nitrogens with zero attached hydrogens (tertiary/aromatic N) is 2. The standard InChI is InChI=1S/C18H24N2O/c1-2-13-4-7-15(19-11-13)10-16(21)20-12-18(8-3-9-18)17(20)14-5-6-14/h4,7,11,14,17H,2-3,5-6,8-10,12H2,1H3. The lowest BCUT2D eigenvalue weighted by atomic mass is 9.56. The van der Waals surface area contributed by atoms with Gasteiger partial charge in [-0.3, -0.25) is 9.78 Å². The number of aromatic nitrogens is 1. The van der Waals surface area contributed by atoms with Gasteiger partial charge in [-0.05, 0) is 49.7 Å². The second-order valence-electron chi connectivity index (χ2n) is 7.21. The van der Waals surface area contributed by atoms with Gasteiger partial charge < -0.3 is 4.90 Å². The molecule has 1 aromatic heterocycles. The molecule has 1 amide bonds. The van der Waals surface area contributed by atoms with Gasteiger partial charge in [0.15, 0.2) is 0 Å². The molecule has 0 N–H and O–H groups in total. The van der Waals surface area contributed by atoms with Crippen molar-refractivity contribution >= 4 is 5.91 Å². The fourth-order valence-electron chi connectivity index (χ4n) is 4.27. The SMILES string of the molecule is CCc1ccc(CC(=O)N2CC3(CCC3)C2C2CC2)nc1. The van der Waals surface area contributed by atoms with E-state index in [1.54, 1.807) is 0 Å². The Labute approximate surface area is 126 Å². The summed E-state index contributed by atoms with van der Waals surface area (Å²) in [6.07, 6.45) is 10.1. The van der Waals surface area contributed by atoms with Crippen LogP contribution in [0.15, 0.2) is 18.3 Å². The molecule has 0 aromatic carbocycles. The van der Waals surface area contributed by atoms with Crippen LogP contribution in [0.25, 0.3) is 0 Å². The Kier molecular flexibility index (Phi) is 3.05. The highest BCUT2D eigenvalue weighted by molar-refractivity contribution is 5.80.